The molecule has 5 nitrogen and oxygen atoms in total. The quantitative estimate of drug-likeness (QED) is 0.175. The molecule has 1 aliphatic carbocycles. The van der Waals surface area contributed by atoms with Crippen LogP contribution in [-0.2, 0) is 5.41 Å². The first-order valence-corrected chi connectivity index (χ1v) is 20.0. The number of para-hydroxylation sites is 2. The Hall–Kier alpha value is -7.63. The first-order valence-electron chi connectivity index (χ1n) is 20.0. The Kier molecular flexibility index (Phi) is 7.20. The molecular formula is C54H35N3O2. The fourth-order valence-corrected chi connectivity index (χ4v) is 9.31. The molecule has 59 heavy (non-hydrogen) atoms. The Bertz CT molecular complexity index is 3480. The van der Waals surface area contributed by atoms with E-state index in [1.54, 1.807) is 0 Å². The second-order valence-electron chi connectivity index (χ2n) is 15.9. The minimum absolute atomic E-state index is 0.0943. The van der Waals surface area contributed by atoms with Gasteiger partial charge in [0.2, 0.25) is 0 Å². The highest BCUT2D eigenvalue weighted by Gasteiger charge is 2.36. The molecule has 0 amide bonds. The van der Waals surface area contributed by atoms with Crippen molar-refractivity contribution in [3.05, 3.63) is 187 Å². The van der Waals surface area contributed by atoms with Crippen LogP contribution in [0.25, 0.3) is 111 Å². The van der Waals surface area contributed by atoms with E-state index in [1.165, 1.54) is 27.8 Å². The van der Waals surface area contributed by atoms with E-state index in [9.17, 15) is 0 Å². The first-order chi connectivity index (χ1) is 29.0. The molecule has 0 N–H and O–H groups in total. The van der Waals surface area contributed by atoms with Gasteiger partial charge in [-0.05, 0) is 80.9 Å². The topological polar surface area (TPSA) is 65.0 Å². The van der Waals surface area contributed by atoms with Crippen LogP contribution in [0.3, 0.4) is 0 Å². The molecular weight excluding hydrogens is 723 g/mol. The summed E-state index contributed by atoms with van der Waals surface area (Å²) in [4.78, 5) is 15.7. The van der Waals surface area contributed by atoms with Gasteiger partial charge in [-0.25, -0.2) is 15.0 Å². The average molecular weight is 758 g/mol. The molecule has 0 saturated heterocycles. The standard InChI is InChI=1S/C54H35N3O2/c1-54(2)43-24-8-6-19-39(43)48-36(20-12-25-44(48)54)34-28-29-46-42(31-34)49-40(22-13-27-47(49)58-46)52-55-51(35-17-10-16-33(30-35)32-14-4-3-5-15-32)56-53(57-52)41-23-11-21-38-37-18-7-9-26-45(37)59-50(38)41/h3-31H,1-2H3. The van der Waals surface area contributed by atoms with E-state index < -0.39 is 0 Å². The maximum atomic E-state index is 6.59. The minimum atomic E-state index is -0.0943. The Morgan fingerprint density at radius 1 is 0.373 bits per heavy atom. The van der Waals surface area contributed by atoms with Crippen LogP contribution in [0, 0.1) is 0 Å². The first kappa shape index (κ1) is 33.5. The lowest BCUT2D eigenvalue weighted by Crippen LogP contribution is -2.14. The Balaban J connectivity index is 1.09. The lowest BCUT2D eigenvalue weighted by molar-refractivity contribution is 0.660. The van der Waals surface area contributed by atoms with Gasteiger partial charge in [0.15, 0.2) is 17.5 Å². The number of nitrogens with zero attached hydrogens (tertiary/aromatic N) is 3. The lowest BCUT2D eigenvalue weighted by Gasteiger charge is -2.21. The zero-order chi connectivity index (χ0) is 39.2. The van der Waals surface area contributed by atoms with Crippen molar-refractivity contribution in [2.24, 2.45) is 0 Å². The maximum Gasteiger partial charge on any atom is 0.167 e. The van der Waals surface area contributed by atoms with Crippen molar-refractivity contribution in [2.45, 2.75) is 19.3 Å². The molecule has 3 heterocycles. The van der Waals surface area contributed by atoms with E-state index in [0.717, 1.165) is 77.3 Å². The highest BCUT2D eigenvalue weighted by atomic mass is 16.3. The molecule has 0 spiro atoms. The largest absolute Gasteiger partial charge is 0.456 e. The predicted molar refractivity (Wildman–Crippen MR) is 239 cm³/mol. The zero-order valence-corrected chi connectivity index (χ0v) is 32.4. The molecule has 0 fully saturated rings. The number of hydrogen-bond acceptors (Lipinski definition) is 5. The van der Waals surface area contributed by atoms with Crippen molar-refractivity contribution in [3.63, 3.8) is 0 Å². The van der Waals surface area contributed by atoms with Gasteiger partial charge in [-0.1, -0.05) is 153 Å². The second-order valence-corrected chi connectivity index (χ2v) is 15.9. The fourth-order valence-electron chi connectivity index (χ4n) is 9.31. The summed E-state index contributed by atoms with van der Waals surface area (Å²) < 4.78 is 13.1. The molecule has 0 bridgehead atoms. The van der Waals surface area contributed by atoms with Gasteiger partial charge in [-0.3, -0.25) is 0 Å². The molecule has 5 heteroatoms. The smallest absolute Gasteiger partial charge is 0.167 e. The van der Waals surface area contributed by atoms with E-state index in [0.29, 0.717) is 17.5 Å². The third kappa shape index (κ3) is 5.14. The van der Waals surface area contributed by atoms with Gasteiger partial charge >= 0.3 is 0 Å². The van der Waals surface area contributed by atoms with E-state index in [2.05, 4.69) is 141 Å². The predicted octanol–water partition coefficient (Wildman–Crippen LogP) is 14.3. The van der Waals surface area contributed by atoms with E-state index in [1.807, 2.05) is 48.5 Å². The van der Waals surface area contributed by atoms with Gasteiger partial charge in [-0.15, -0.1) is 0 Å². The molecule has 8 aromatic carbocycles. The van der Waals surface area contributed by atoms with Crippen LogP contribution in [0.1, 0.15) is 25.0 Å². The molecule has 0 saturated carbocycles. The summed E-state index contributed by atoms with van der Waals surface area (Å²) in [5.74, 6) is 1.66. The van der Waals surface area contributed by atoms with E-state index in [4.69, 9.17) is 23.8 Å². The Morgan fingerprint density at radius 3 is 1.90 bits per heavy atom. The summed E-state index contributed by atoms with van der Waals surface area (Å²) in [6.45, 7) is 4.65. The van der Waals surface area contributed by atoms with Crippen molar-refractivity contribution in [1.29, 1.82) is 0 Å². The molecule has 0 aliphatic heterocycles. The monoisotopic (exact) mass is 757 g/mol. The highest BCUT2D eigenvalue weighted by molar-refractivity contribution is 6.13. The van der Waals surface area contributed by atoms with Crippen LogP contribution in [0.2, 0.25) is 0 Å². The number of aromatic nitrogens is 3. The van der Waals surface area contributed by atoms with Gasteiger partial charge in [-0.2, -0.15) is 0 Å². The van der Waals surface area contributed by atoms with Gasteiger partial charge in [0.05, 0.1) is 5.56 Å². The minimum Gasteiger partial charge on any atom is -0.456 e. The molecule has 278 valence electrons. The van der Waals surface area contributed by atoms with Crippen LogP contribution < -0.4 is 0 Å². The van der Waals surface area contributed by atoms with Crippen molar-refractivity contribution in [3.8, 4) is 67.5 Å². The molecule has 3 aromatic heterocycles. The van der Waals surface area contributed by atoms with Crippen LogP contribution in [0.15, 0.2) is 185 Å². The fraction of sp³-hybridized carbons (Fsp3) is 0.0556. The third-order valence-corrected chi connectivity index (χ3v) is 12.2. The molecule has 0 atom stereocenters. The highest BCUT2D eigenvalue weighted by Crippen LogP contribution is 2.52. The molecule has 12 rings (SSSR count). The Labute approximate surface area is 340 Å². The summed E-state index contributed by atoms with van der Waals surface area (Å²) in [6, 6.07) is 61.3. The van der Waals surface area contributed by atoms with E-state index >= 15 is 0 Å². The zero-order valence-electron chi connectivity index (χ0n) is 32.4. The second kappa shape index (κ2) is 12.7. The van der Waals surface area contributed by atoms with Gasteiger partial charge in [0, 0.05) is 38.1 Å². The summed E-state index contributed by atoms with van der Waals surface area (Å²) in [5.41, 5.74) is 15.4. The normalized spacial score (nSPS) is 13.1. The number of benzene rings is 8. The van der Waals surface area contributed by atoms with Crippen molar-refractivity contribution in [2.75, 3.05) is 0 Å². The van der Waals surface area contributed by atoms with E-state index in [-0.39, 0.29) is 5.41 Å². The van der Waals surface area contributed by atoms with Crippen molar-refractivity contribution < 1.29 is 8.83 Å². The number of rotatable bonds is 5. The third-order valence-electron chi connectivity index (χ3n) is 12.2. The lowest BCUT2D eigenvalue weighted by atomic mass is 9.82. The molecule has 0 radical (unpaired) electrons. The summed E-state index contributed by atoms with van der Waals surface area (Å²) in [7, 11) is 0. The van der Waals surface area contributed by atoms with Crippen LogP contribution >= 0.6 is 0 Å². The maximum absolute atomic E-state index is 6.59. The average Bonchev–Trinajstić information content (AvgIpc) is 3.94. The molecule has 0 unspecified atom stereocenters. The molecule has 1 aliphatic rings. The number of fused-ring (bicyclic) bond motifs is 9. The van der Waals surface area contributed by atoms with Crippen molar-refractivity contribution in [1.82, 2.24) is 15.0 Å². The summed E-state index contributed by atoms with van der Waals surface area (Å²) in [6.07, 6.45) is 0. The van der Waals surface area contributed by atoms with Gasteiger partial charge in [0.1, 0.15) is 22.3 Å². The Morgan fingerprint density at radius 2 is 0.983 bits per heavy atom. The summed E-state index contributed by atoms with van der Waals surface area (Å²) in [5, 5.41) is 4.03. The van der Waals surface area contributed by atoms with Gasteiger partial charge < -0.3 is 8.83 Å². The van der Waals surface area contributed by atoms with Crippen LogP contribution in [-0.4, -0.2) is 15.0 Å². The summed E-state index contributed by atoms with van der Waals surface area (Å²) >= 11 is 0. The SMILES string of the molecule is CC1(C)c2ccccc2-c2c(-c3ccc4oc5cccc(-c6nc(-c7cccc(-c8ccccc8)c7)nc(-c7cccc8c7oc7ccccc78)n6)c5c4c3)cccc21. The van der Waals surface area contributed by atoms with Gasteiger partial charge in [0.25, 0.3) is 0 Å². The number of furan rings is 2. The van der Waals surface area contributed by atoms with Crippen LogP contribution in [0.5, 0.6) is 0 Å². The molecule has 11 aromatic rings. The van der Waals surface area contributed by atoms with Crippen LogP contribution in [0.4, 0.5) is 0 Å². The number of hydrogen-bond donors (Lipinski definition) is 0. The van der Waals surface area contributed by atoms with Crippen molar-refractivity contribution >= 4 is 43.9 Å².